The molecule has 111 valence electrons. The molecule has 0 saturated heterocycles. The Labute approximate surface area is 151 Å². The first-order valence-corrected chi connectivity index (χ1v) is 6.09. The summed E-state index contributed by atoms with van der Waals surface area (Å²) in [4.78, 5) is 15.0. The Balaban J connectivity index is 0. The van der Waals surface area contributed by atoms with Crippen molar-refractivity contribution in [3.05, 3.63) is 61.1 Å². The molecule has 2 rings (SSSR count). The summed E-state index contributed by atoms with van der Waals surface area (Å²) in [6.45, 7) is 5.78. The van der Waals surface area contributed by atoms with E-state index in [1.54, 1.807) is 25.3 Å². The van der Waals surface area contributed by atoms with Crippen LogP contribution in [0.2, 0.25) is 0 Å². The topological polar surface area (TPSA) is 59.4 Å². The molecular weight excluding hydrogens is 343 g/mol. The summed E-state index contributed by atoms with van der Waals surface area (Å²) < 4.78 is 5.43. The number of aromatic carboxylic acids is 1. The van der Waals surface area contributed by atoms with E-state index in [0.717, 1.165) is 5.56 Å². The zero-order valence-electron chi connectivity index (χ0n) is 12.8. The molecule has 1 N–H and O–H groups in total. The molecule has 5 heteroatoms. The number of aromatic nitrogens is 1. The zero-order valence-corrected chi connectivity index (χ0v) is 15.7. The molecule has 0 saturated carbocycles. The first kappa shape index (κ1) is 22.0. The first-order valence-electron chi connectivity index (χ1n) is 6.09. The minimum atomic E-state index is -1.05. The van der Waals surface area contributed by atoms with Crippen molar-refractivity contribution in [1.82, 2.24) is 4.98 Å². The van der Waals surface area contributed by atoms with Crippen LogP contribution < -0.4 is 4.74 Å². The number of carboxylic acid groups (broad SMARTS) is 1. The third-order valence-corrected chi connectivity index (χ3v) is 2.18. The number of para-hydroxylation sites is 1. The fraction of sp³-hybridized carbons (Fsp3) is 0.188. The molecule has 0 atom stereocenters. The summed E-state index contributed by atoms with van der Waals surface area (Å²) in [7, 11) is 0. The Morgan fingerprint density at radius 1 is 1.19 bits per heavy atom. The van der Waals surface area contributed by atoms with Crippen molar-refractivity contribution < 1.29 is 47.3 Å². The summed E-state index contributed by atoms with van der Waals surface area (Å²) in [6, 6.07) is 10.5. The molecule has 0 unspecified atom stereocenters. The number of carbonyl (C=O) groups is 1. The van der Waals surface area contributed by atoms with E-state index in [1.807, 2.05) is 32.0 Å². The van der Waals surface area contributed by atoms with Gasteiger partial charge in [0.25, 0.3) is 0 Å². The van der Waals surface area contributed by atoms with E-state index >= 15 is 0 Å². The van der Waals surface area contributed by atoms with Crippen molar-refractivity contribution in [2.75, 3.05) is 0 Å². The molecule has 1 aromatic heterocycles. The minimum absolute atomic E-state index is 0. The van der Waals surface area contributed by atoms with Crippen LogP contribution in [0.5, 0.6) is 11.6 Å². The molecular formula is C16H20NO3Y-. The Bertz CT molecular complexity index is 544. The molecule has 1 radical (unpaired) electrons. The maximum absolute atomic E-state index is 11.0. The van der Waals surface area contributed by atoms with Gasteiger partial charge in [0.05, 0.1) is 0 Å². The smallest absolute Gasteiger partial charge is 0.341 e. The molecule has 1 heterocycles. The second-order valence-electron chi connectivity index (χ2n) is 3.59. The third kappa shape index (κ3) is 6.83. The molecule has 0 spiro atoms. The van der Waals surface area contributed by atoms with Gasteiger partial charge in [-0.2, -0.15) is 0 Å². The van der Waals surface area contributed by atoms with Crippen LogP contribution in [0.15, 0.2) is 42.6 Å². The second-order valence-corrected chi connectivity index (χ2v) is 3.59. The Kier molecular flexibility index (Phi) is 12.0. The maximum atomic E-state index is 11.0. The maximum Gasteiger partial charge on any atom is 0.341 e. The number of hydrogen-bond donors (Lipinski definition) is 1. The van der Waals surface area contributed by atoms with Gasteiger partial charge in [0.15, 0.2) is 0 Å². The molecule has 0 aliphatic rings. The van der Waals surface area contributed by atoms with Gasteiger partial charge < -0.3 is 17.3 Å². The fourth-order valence-corrected chi connectivity index (χ4v) is 1.39. The molecule has 0 fully saturated rings. The molecule has 0 amide bonds. The van der Waals surface area contributed by atoms with Crippen LogP contribution in [0.4, 0.5) is 0 Å². The number of benzene rings is 1. The van der Waals surface area contributed by atoms with Crippen molar-refractivity contribution in [1.29, 1.82) is 0 Å². The van der Waals surface area contributed by atoms with Gasteiger partial charge in [0, 0.05) is 38.9 Å². The number of nitrogens with zero attached hydrogens (tertiary/aromatic N) is 1. The standard InChI is InChI=1S/C13H11NO3.C2H6.CH3.Y/c1-9-7-11(13(15)16)12(14-8-9)17-10-5-3-2-4-6-10;1-2;;/h2-8H,1H3,(H,15,16);1-2H3;1H3;/q;;-1;. The predicted octanol–water partition coefficient (Wildman–Crippen LogP) is 4.35. The quantitative estimate of drug-likeness (QED) is 0.824. The van der Waals surface area contributed by atoms with E-state index in [-0.39, 0.29) is 51.6 Å². The molecule has 0 aliphatic carbocycles. The SMILES string of the molecule is CC.Cc1cnc(Oc2ccccc2)c(C(=O)O)c1.[CH3-].[Y]. The monoisotopic (exact) mass is 363 g/mol. The van der Waals surface area contributed by atoms with Gasteiger partial charge in [-0.15, -0.1) is 0 Å². The van der Waals surface area contributed by atoms with Crippen molar-refractivity contribution in [2.24, 2.45) is 0 Å². The van der Waals surface area contributed by atoms with Gasteiger partial charge in [-0.25, -0.2) is 9.78 Å². The van der Waals surface area contributed by atoms with Crippen LogP contribution in [0, 0.1) is 14.4 Å². The zero-order chi connectivity index (χ0) is 14.3. The Hall–Kier alpha value is -1.26. The van der Waals surface area contributed by atoms with Crippen molar-refractivity contribution in [2.45, 2.75) is 20.8 Å². The number of hydrogen-bond acceptors (Lipinski definition) is 3. The van der Waals surface area contributed by atoms with Crippen LogP contribution in [-0.4, -0.2) is 16.1 Å². The molecule has 0 aliphatic heterocycles. The summed E-state index contributed by atoms with van der Waals surface area (Å²) >= 11 is 0. The van der Waals surface area contributed by atoms with Crippen molar-refractivity contribution >= 4 is 5.97 Å². The van der Waals surface area contributed by atoms with Crippen LogP contribution in [-0.2, 0) is 32.7 Å². The normalized spacial score (nSPS) is 8.33. The van der Waals surface area contributed by atoms with E-state index in [2.05, 4.69) is 4.98 Å². The predicted molar refractivity (Wildman–Crippen MR) is 80.2 cm³/mol. The van der Waals surface area contributed by atoms with Gasteiger partial charge in [0.2, 0.25) is 5.88 Å². The van der Waals surface area contributed by atoms with Gasteiger partial charge >= 0.3 is 5.97 Å². The second kappa shape index (κ2) is 11.4. The Morgan fingerprint density at radius 2 is 1.76 bits per heavy atom. The molecule has 0 bridgehead atoms. The summed E-state index contributed by atoms with van der Waals surface area (Å²) in [6.07, 6.45) is 1.57. The molecule has 4 nitrogen and oxygen atoms in total. The number of ether oxygens (including phenoxy) is 1. The Morgan fingerprint density at radius 3 is 2.29 bits per heavy atom. The minimum Gasteiger partial charge on any atom is -0.477 e. The van der Waals surface area contributed by atoms with Crippen LogP contribution in [0.3, 0.4) is 0 Å². The van der Waals surface area contributed by atoms with Gasteiger partial charge in [-0.1, -0.05) is 32.0 Å². The summed E-state index contributed by atoms with van der Waals surface area (Å²) in [5, 5.41) is 9.05. The summed E-state index contributed by atoms with van der Waals surface area (Å²) in [5.74, 6) is -0.382. The van der Waals surface area contributed by atoms with Crippen molar-refractivity contribution in [3.63, 3.8) is 0 Å². The van der Waals surface area contributed by atoms with Crippen LogP contribution in [0.25, 0.3) is 0 Å². The summed E-state index contributed by atoms with van der Waals surface area (Å²) in [5.41, 5.74) is 0.844. The largest absolute Gasteiger partial charge is 0.477 e. The van der Waals surface area contributed by atoms with E-state index in [9.17, 15) is 4.79 Å². The van der Waals surface area contributed by atoms with Crippen LogP contribution in [0.1, 0.15) is 29.8 Å². The van der Waals surface area contributed by atoms with Crippen molar-refractivity contribution in [3.8, 4) is 11.6 Å². The number of aryl methyl sites for hydroxylation is 1. The van der Waals surface area contributed by atoms with E-state index in [4.69, 9.17) is 9.84 Å². The van der Waals surface area contributed by atoms with Gasteiger partial charge in [0.1, 0.15) is 11.3 Å². The number of carboxylic acids is 1. The molecule has 21 heavy (non-hydrogen) atoms. The number of rotatable bonds is 3. The molecule has 1 aromatic carbocycles. The first-order chi connectivity index (χ1) is 9.16. The molecule has 2 aromatic rings. The average molecular weight is 363 g/mol. The van der Waals surface area contributed by atoms with E-state index in [0.29, 0.717) is 5.75 Å². The third-order valence-electron chi connectivity index (χ3n) is 2.18. The number of pyridine rings is 1. The fourth-order valence-electron chi connectivity index (χ4n) is 1.39. The van der Waals surface area contributed by atoms with E-state index in [1.165, 1.54) is 6.07 Å². The van der Waals surface area contributed by atoms with Gasteiger partial charge in [-0.05, 0) is 30.7 Å². The van der Waals surface area contributed by atoms with Crippen LogP contribution >= 0.6 is 0 Å². The average Bonchev–Trinajstić information content (AvgIpc) is 2.44. The van der Waals surface area contributed by atoms with E-state index < -0.39 is 5.97 Å². The van der Waals surface area contributed by atoms with Gasteiger partial charge in [-0.3, -0.25) is 0 Å².